The van der Waals surface area contributed by atoms with Crippen molar-refractivity contribution in [2.24, 2.45) is 0 Å². The zero-order valence-electron chi connectivity index (χ0n) is 13.7. The van der Waals surface area contributed by atoms with Crippen LogP contribution in [0.15, 0.2) is 42.5 Å². The van der Waals surface area contributed by atoms with Gasteiger partial charge in [-0.3, -0.25) is 4.79 Å². The fraction of sp³-hybridized carbons (Fsp3) is 0.316. The van der Waals surface area contributed by atoms with E-state index in [4.69, 9.17) is 15.2 Å². The summed E-state index contributed by atoms with van der Waals surface area (Å²) in [7, 11) is 0. The first-order valence-electron chi connectivity index (χ1n) is 8.14. The number of aryl methyl sites for hydroxylation is 1. The van der Waals surface area contributed by atoms with Crippen molar-refractivity contribution >= 4 is 17.3 Å². The molecule has 1 fully saturated rings. The highest BCUT2D eigenvalue weighted by atomic mass is 16.5. The van der Waals surface area contributed by atoms with Gasteiger partial charge in [-0.1, -0.05) is 12.1 Å². The molecular weight excluding hydrogens is 304 g/mol. The van der Waals surface area contributed by atoms with E-state index < -0.39 is 0 Å². The number of amides is 1. The molecule has 0 aliphatic carbocycles. The van der Waals surface area contributed by atoms with Crippen LogP contribution in [0.1, 0.15) is 28.8 Å². The average Bonchev–Trinajstić information content (AvgIpc) is 3.10. The Morgan fingerprint density at radius 3 is 3.00 bits per heavy atom. The molecule has 5 heteroatoms. The number of anilines is 2. The number of benzene rings is 2. The molecule has 3 N–H and O–H groups in total. The number of nitrogens with two attached hydrogens (primary N) is 1. The van der Waals surface area contributed by atoms with Gasteiger partial charge < -0.3 is 20.5 Å². The SMILES string of the molecule is Cc1ccc(N)cc1NC(=O)c1cccc(OCC2CCCO2)c1. The fourth-order valence-electron chi connectivity index (χ4n) is 2.66. The van der Waals surface area contributed by atoms with Crippen LogP contribution in [0.5, 0.6) is 5.75 Å². The largest absolute Gasteiger partial charge is 0.491 e. The Morgan fingerprint density at radius 1 is 1.33 bits per heavy atom. The Kier molecular flexibility index (Phi) is 5.01. The summed E-state index contributed by atoms with van der Waals surface area (Å²) in [6.45, 7) is 3.24. The highest BCUT2D eigenvalue weighted by Gasteiger charge is 2.16. The Balaban J connectivity index is 1.66. The Bertz CT molecular complexity index is 724. The number of hydrogen-bond acceptors (Lipinski definition) is 4. The van der Waals surface area contributed by atoms with E-state index in [0.29, 0.717) is 29.3 Å². The topological polar surface area (TPSA) is 73.6 Å². The van der Waals surface area contributed by atoms with Gasteiger partial charge in [-0.05, 0) is 55.7 Å². The lowest BCUT2D eigenvalue weighted by molar-refractivity contribution is 0.0679. The van der Waals surface area contributed by atoms with Gasteiger partial charge in [0.15, 0.2) is 0 Å². The third kappa shape index (κ3) is 4.06. The van der Waals surface area contributed by atoms with Crippen molar-refractivity contribution in [3.05, 3.63) is 53.6 Å². The predicted octanol–water partition coefficient (Wildman–Crippen LogP) is 3.39. The van der Waals surface area contributed by atoms with E-state index in [2.05, 4.69) is 5.32 Å². The minimum atomic E-state index is -0.189. The minimum Gasteiger partial charge on any atom is -0.491 e. The van der Waals surface area contributed by atoms with Crippen LogP contribution in [-0.2, 0) is 4.74 Å². The van der Waals surface area contributed by atoms with Crippen LogP contribution in [0.25, 0.3) is 0 Å². The van der Waals surface area contributed by atoms with Crippen LogP contribution >= 0.6 is 0 Å². The Morgan fingerprint density at radius 2 is 2.21 bits per heavy atom. The smallest absolute Gasteiger partial charge is 0.255 e. The summed E-state index contributed by atoms with van der Waals surface area (Å²) in [4.78, 5) is 12.5. The fourth-order valence-corrected chi connectivity index (χ4v) is 2.66. The second kappa shape index (κ2) is 7.36. The highest BCUT2D eigenvalue weighted by molar-refractivity contribution is 6.05. The maximum Gasteiger partial charge on any atom is 0.255 e. The second-order valence-corrected chi connectivity index (χ2v) is 6.00. The zero-order chi connectivity index (χ0) is 16.9. The van der Waals surface area contributed by atoms with Gasteiger partial charge >= 0.3 is 0 Å². The van der Waals surface area contributed by atoms with Crippen molar-refractivity contribution in [1.82, 2.24) is 0 Å². The number of nitrogen functional groups attached to an aromatic ring is 1. The van der Waals surface area contributed by atoms with Crippen LogP contribution in [0.4, 0.5) is 11.4 Å². The molecule has 24 heavy (non-hydrogen) atoms. The molecule has 3 rings (SSSR count). The van der Waals surface area contributed by atoms with Gasteiger partial charge in [0, 0.05) is 23.5 Å². The molecule has 0 spiro atoms. The molecular formula is C19H22N2O3. The first kappa shape index (κ1) is 16.3. The van der Waals surface area contributed by atoms with E-state index >= 15 is 0 Å². The predicted molar refractivity (Wildman–Crippen MR) is 94.5 cm³/mol. The monoisotopic (exact) mass is 326 g/mol. The second-order valence-electron chi connectivity index (χ2n) is 6.00. The van der Waals surface area contributed by atoms with Crippen molar-refractivity contribution in [1.29, 1.82) is 0 Å². The van der Waals surface area contributed by atoms with Crippen LogP contribution in [0, 0.1) is 6.92 Å². The first-order chi connectivity index (χ1) is 11.6. The minimum absolute atomic E-state index is 0.150. The molecule has 126 valence electrons. The van der Waals surface area contributed by atoms with Gasteiger partial charge in [0.25, 0.3) is 5.91 Å². The van der Waals surface area contributed by atoms with Crippen LogP contribution < -0.4 is 15.8 Å². The summed E-state index contributed by atoms with van der Waals surface area (Å²) < 4.78 is 11.3. The molecule has 0 radical (unpaired) electrons. The van der Waals surface area contributed by atoms with Crippen molar-refractivity contribution in [3.8, 4) is 5.75 Å². The number of carbonyl (C=O) groups is 1. The standard InChI is InChI=1S/C19H22N2O3/c1-13-7-8-15(20)11-18(13)21-19(22)14-4-2-5-16(10-14)24-12-17-6-3-9-23-17/h2,4-5,7-8,10-11,17H,3,6,9,12,20H2,1H3,(H,21,22). The summed E-state index contributed by atoms with van der Waals surface area (Å²) in [5.41, 5.74) is 8.62. The van der Waals surface area contributed by atoms with Gasteiger partial charge in [-0.2, -0.15) is 0 Å². The molecule has 2 aromatic rings. The van der Waals surface area contributed by atoms with E-state index in [1.165, 1.54) is 0 Å². The number of ether oxygens (including phenoxy) is 2. The molecule has 5 nitrogen and oxygen atoms in total. The summed E-state index contributed by atoms with van der Waals surface area (Å²) in [6.07, 6.45) is 2.25. The van der Waals surface area contributed by atoms with Gasteiger partial charge in [-0.15, -0.1) is 0 Å². The molecule has 1 heterocycles. The molecule has 2 aromatic carbocycles. The third-order valence-electron chi connectivity index (χ3n) is 4.07. The summed E-state index contributed by atoms with van der Waals surface area (Å²) in [5.74, 6) is 0.480. The lowest BCUT2D eigenvalue weighted by Gasteiger charge is -2.13. The van der Waals surface area contributed by atoms with Crippen LogP contribution in [-0.4, -0.2) is 25.2 Å². The van der Waals surface area contributed by atoms with Gasteiger partial charge in [0.1, 0.15) is 12.4 Å². The van der Waals surface area contributed by atoms with Gasteiger partial charge in [0.05, 0.1) is 6.10 Å². The summed E-state index contributed by atoms with van der Waals surface area (Å²) >= 11 is 0. The van der Waals surface area contributed by atoms with Crippen molar-refractivity contribution in [2.75, 3.05) is 24.3 Å². The number of nitrogens with one attached hydrogen (secondary N) is 1. The van der Waals surface area contributed by atoms with E-state index in [9.17, 15) is 4.79 Å². The van der Waals surface area contributed by atoms with Crippen LogP contribution in [0.2, 0.25) is 0 Å². The molecule has 0 saturated carbocycles. The molecule has 1 aliphatic heterocycles. The molecule has 1 amide bonds. The molecule has 0 bridgehead atoms. The number of rotatable bonds is 5. The van der Waals surface area contributed by atoms with Crippen LogP contribution in [0.3, 0.4) is 0 Å². The zero-order valence-corrected chi connectivity index (χ0v) is 13.7. The Labute approximate surface area is 141 Å². The molecule has 1 unspecified atom stereocenters. The van der Waals surface area contributed by atoms with E-state index in [0.717, 1.165) is 25.0 Å². The average molecular weight is 326 g/mol. The lowest BCUT2D eigenvalue weighted by atomic mass is 10.1. The maximum absolute atomic E-state index is 12.5. The Hall–Kier alpha value is -2.53. The van der Waals surface area contributed by atoms with Gasteiger partial charge in [0.2, 0.25) is 0 Å². The maximum atomic E-state index is 12.5. The van der Waals surface area contributed by atoms with Gasteiger partial charge in [-0.25, -0.2) is 0 Å². The third-order valence-corrected chi connectivity index (χ3v) is 4.07. The van der Waals surface area contributed by atoms with Crippen molar-refractivity contribution < 1.29 is 14.3 Å². The summed E-state index contributed by atoms with van der Waals surface area (Å²) in [6, 6.07) is 12.6. The first-order valence-corrected chi connectivity index (χ1v) is 8.14. The molecule has 1 aliphatic rings. The molecule has 1 atom stereocenters. The van der Waals surface area contributed by atoms with E-state index in [1.54, 1.807) is 18.2 Å². The quantitative estimate of drug-likeness (QED) is 0.826. The number of hydrogen-bond donors (Lipinski definition) is 2. The normalized spacial score (nSPS) is 16.8. The van der Waals surface area contributed by atoms with Crippen molar-refractivity contribution in [2.45, 2.75) is 25.9 Å². The molecule has 1 saturated heterocycles. The lowest BCUT2D eigenvalue weighted by Crippen LogP contribution is -2.17. The van der Waals surface area contributed by atoms with E-state index in [1.807, 2.05) is 31.2 Å². The highest BCUT2D eigenvalue weighted by Crippen LogP contribution is 2.21. The summed E-state index contributed by atoms with van der Waals surface area (Å²) in [5, 5.41) is 2.89. The molecule has 0 aromatic heterocycles. The number of carbonyl (C=O) groups excluding carboxylic acids is 1. The van der Waals surface area contributed by atoms with Crippen molar-refractivity contribution in [3.63, 3.8) is 0 Å². The van der Waals surface area contributed by atoms with E-state index in [-0.39, 0.29) is 12.0 Å².